The molecule has 1 atom stereocenters. The lowest BCUT2D eigenvalue weighted by Gasteiger charge is -2.24. The van der Waals surface area contributed by atoms with Crippen LogP contribution in [0.15, 0.2) is 30.3 Å². The second kappa shape index (κ2) is 8.14. The normalized spacial score (nSPS) is 13.5. The molecule has 156 valence electrons. The predicted octanol–water partition coefficient (Wildman–Crippen LogP) is 4.55. The zero-order valence-electron chi connectivity index (χ0n) is 15.7. The Hall–Kier alpha value is -2.81. The quantitative estimate of drug-likeness (QED) is 0.592. The number of halogens is 3. The molecule has 3 aromatic rings. The first-order chi connectivity index (χ1) is 14.0. The van der Waals surface area contributed by atoms with Crippen molar-refractivity contribution in [3.8, 4) is 16.5 Å². The number of anilines is 1. The molecular weight excluding hydrogens is 437 g/mol. The van der Waals surface area contributed by atoms with Crippen LogP contribution < -0.4 is 5.32 Å². The maximum Gasteiger partial charge on any atom is 0.417 e. The highest BCUT2D eigenvalue weighted by Crippen LogP contribution is 2.34. The van der Waals surface area contributed by atoms with E-state index in [4.69, 9.17) is 5.26 Å². The Morgan fingerprint density at radius 2 is 2.07 bits per heavy atom. The van der Waals surface area contributed by atoms with Gasteiger partial charge in [0, 0.05) is 27.7 Å². The smallest absolute Gasteiger partial charge is 0.380 e. The van der Waals surface area contributed by atoms with E-state index >= 15 is 0 Å². The molecule has 1 amide bonds. The maximum atomic E-state index is 12.8. The van der Waals surface area contributed by atoms with Gasteiger partial charge in [-0.25, -0.2) is 4.98 Å². The fourth-order valence-corrected chi connectivity index (χ4v) is 4.14. The number of hydrogen-bond acceptors (Lipinski definition) is 7. The van der Waals surface area contributed by atoms with Gasteiger partial charge >= 0.3 is 6.18 Å². The topological polar surface area (TPSA) is 98.9 Å². The third-order valence-electron chi connectivity index (χ3n) is 4.24. The number of thiophene rings is 1. The molecule has 0 aliphatic rings. The summed E-state index contributed by atoms with van der Waals surface area (Å²) in [7, 11) is 0. The van der Waals surface area contributed by atoms with Crippen molar-refractivity contribution in [2.75, 3.05) is 5.32 Å². The van der Waals surface area contributed by atoms with E-state index in [1.165, 1.54) is 11.3 Å². The van der Waals surface area contributed by atoms with Crippen LogP contribution in [0.25, 0.3) is 10.4 Å². The standard InChI is InChI=1S/C19H15F3N4O2S2/c1-10-13(7-14(29-10)12-5-3-4-11(6-12)9-23)16(27)25-17-24-15(26-30-17)8-18(2,28)19(20,21)22/h3-7,28H,8H2,1-2H3,(H,24,25,26,27). The van der Waals surface area contributed by atoms with Gasteiger partial charge in [0.15, 0.2) is 5.60 Å². The number of aliphatic hydroxyl groups is 1. The molecule has 1 aromatic carbocycles. The van der Waals surface area contributed by atoms with E-state index in [1.807, 2.05) is 6.07 Å². The zero-order valence-corrected chi connectivity index (χ0v) is 17.4. The fourth-order valence-electron chi connectivity index (χ4n) is 2.54. The van der Waals surface area contributed by atoms with Gasteiger partial charge in [0.25, 0.3) is 5.91 Å². The average Bonchev–Trinajstić information content (AvgIpc) is 3.26. The number of amides is 1. The van der Waals surface area contributed by atoms with Crippen molar-refractivity contribution >= 4 is 33.9 Å². The molecule has 0 saturated heterocycles. The second-order valence-electron chi connectivity index (χ2n) is 6.69. The highest BCUT2D eigenvalue weighted by molar-refractivity contribution is 7.15. The second-order valence-corrected chi connectivity index (χ2v) is 8.70. The van der Waals surface area contributed by atoms with E-state index in [0.29, 0.717) is 18.1 Å². The first-order valence-corrected chi connectivity index (χ1v) is 10.1. The van der Waals surface area contributed by atoms with Gasteiger partial charge in [0.05, 0.1) is 17.2 Å². The van der Waals surface area contributed by atoms with Crippen LogP contribution in [-0.4, -0.2) is 32.1 Å². The van der Waals surface area contributed by atoms with Crippen molar-refractivity contribution in [3.63, 3.8) is 0 Å². The number of nitrogens with zero attached hydrogens (tertiary/aromatic N) is 3. The van der Waals surface area contributed by atoms with Crippen LogP contribution >= 0.6 is 22.9 Å². The maximum absolute atomic E-state index is 12.8. The Balaban J connectivity index is 1.75. The molecule has 2 heterocycles. The Bertz CT molecular complexity index is 1130. The summed E-state index contributed by atoms with van der Waals surface area (Å²) in [4.78, 5) is 18.0. The molecule has 6 nitrogen and oxygen atoms in total. The lowest BCUT2D eigenvalue weighted by molar-refractivity contribution is -0.252. The summed E-state index contributed by atoms with van der Waals surface area (Å²) in [6, 6.07) is 10.7. The third-order valence-corrected chi connectivity index (χ3v) is 6.01. The summed E-state index contributed by atoms with van der Waals surface area (Å²) in [5.41, 5.74) is -1.28. The molecule has 0 aliphatic carbocycles. The van der Waals surface area contributed by atoms with Crippen molar-refractivity contribution in [1.29, 1.82) is 5.26 Å². The zero-order chi connectivity index (χ0) is 22.1. The van der Waals surface area contributed by atoms with E-state index in [0.717, 1.165) is 26.9 Å². The molecular formula is C19H15F3N4O2S2. The lowest BCUT2D eigenvalue weighted by Crippen LogP contribution is -2.44. The molecule has 3 rings (SSSR count). The van der Waals surface area contributed by atoms with Crippen molar-refractivity contribution in [1.82, 2.24) is 9.36 Å². The summed E-state index contributed by atoms with van der Waals surface area (Å²) in [5, 5.41) is 21.2. The highest BCUT2D eigenvalue weighted by atomic mass is 32.1. The molecule has 0 fully saturated rings. The molecule has 0 saturated carbocycles. The van der Waals surface area contributed by atoms with Gasteiger partial charge in [-0.3, -0.25) is 10.1 Å². The first kappa shape index (κ1) is 21.9. The van der Waals surface area contributed by atoms with E-state index in [2.05, 4.69) is 20.7 Å². The van der Waals surface area contributed by atoms with Crippen LogP contribution in [0.5, 0.6) is 0 Å². The number of nitriles is 1. The van der Waals surface area contributed by atoms with E-state index in [-0.39, 0.29) is 11.0 Å². The number of carbonyl (C=O) groups excluding carboxylic acids is 1. The summed E-state index contributed by atoms with van der Waals surface area (Å²) in [5.74, 6) is -0.689. The fraction of sp³-hybridized carbons (Fsp3) is 0.263. The predicted molar refractivity (Wildman–Crippen MR) is 107 cm³/mol. The average molecular weight is 452 g/mol. The van der Waals surface area contributed by atoms with Gasteiger partial charge in [-0.05, 0) is 37.6 Å². The summed E-state index contributed by atoms with van der Waals surface area (Å²) >= 11 is 2.11. The molecule has 2 N–H and O–H groups in total. The van der Waals surface area contributed by atoms with E-state index < -0.39 is 24.1 Å². The summed E-state index contributed by atoms with van der Waals surface area (Å²) in [6.07, 6.45) is -5.64. The van der Waals surface area contributed by atoms with Gasteiger partial charge in [-0.1, -0.05) is 12.1 Å². The molecule has 0 aliphatic heterocycles. The number of rotatable bonds is 5. The number of hydrogen-bond donors (Lipinski definition) is 2. The molecule has 0 spiro atoms. The van der Waals surface area contributed by atoms with Crippen LogP contribution in [0.3, 0.4) is 0 Å². The lowest BCUT2D eigenvalue weighted by atomic mass is 10.0. The highest BCUT2D eigenvalue weighted by Gasteiger charge is 2.50. The van der Waals surface area contributed by atoms with Crippen LogP contribution in [0.2, 0.25) is 0 Å². The van der Waals surface area contributed by atoms with Crippen molar-refractivity contribution in [2.45, 2.75) is 32.0 Å². The van der Waals surface area contributed by atoms with Gasteiger partial charge in [-0.2, -0.15) is 22.8 Å². The monoisotopic (exact) mass is 452 g/mol. The number of nitrogens with one attached hydrogen (secondary N) is 1. The van der Waals surface area contributed by atoms with Crippen molar-refractivity contribution < 1.29 is 23.1 Å². The van der Waals surface area contributed by atoms with Crippen LogP contribution in [-0.2, 0) is 6.42 Å². The third kappa shape index (κ3) is 4.67. The molecule has 11 heteroatoms. The number of aromatic nitrogens is 2. The molecule has 2 aromatic heterocycles. The van der Waals surface area contributed by atoms with Gasteiger partial charge in [0.1, 0.15) is 5.82 Å². The van der Waals surface area contributed by atoms with Crippen molar-refractivity contribution in [3.05, 3.63) is 52.2 Å². The Morgan fingerprint density at radius 3 is 2.73 bits per heavy atom. The Kier molecular flexibility index (Phi) is 5.94. The van der Waals surface area contributed by atoms with Crippen molar-refractivity contribution in [2.24, 2.45) is 0 Å². The molecule has 30 heavy (non-hydrogen) atoms. The van der Waals surface area contributed by atoms with E-state index in [1.54, 1.807) is 31.2 Å². The number of aryl methyl sites for hydroxylation is 1. The SMILES string of the molecule is Cc1sc(-c2cccc(C#N)c2)cc1C(=O)Nc1nc(CC(C)(O)C(F)(F)F)ns1. The minimum Gasteiger partial charge on any atom is -0.380 e. The Morgan fingerprint density at radius 1 is 1.33 bits per heavy atom. The van der Waals surface area contributed by atoms with Gasteiger partial charge in [0.2, 0.25) is 5.13 Å². The molecule has 0 radical (unpaired) electrons. The van der Waals surface area contributed by atoms with Crippen LogP contribution in [0.1, 0.15) is 33.5 Å². The van der Waals surface area contributed by atoms with Crippen LogP contribution in [0, 0.1) is 18.3 Å². The molecule has 1 unspecified atom stereocenters. The van der Waals surface area contributed by atoms with Crippen LogP contribution in [0.4, 0.5) is 18.3 Å². The van der Waals surface area contributed by atoms with E-state index in [9.17, 15) is 23.1 Å². The number of benzene rings is 1. The summed E-state index contributed by atoms with van der Waals surface area (Å²) < 4.78 is 42.2. The first-order valence-electron chi connectivity index (χ1n) is 8.54. The Labute approximate surface area is 177 Å². The van der Waals surface area contributed by atoms with Gasteiger partial charge in [-0.15, -0.1) is 11.3 Å². The summed E-state index contributed by atoms with van der Waals surface area (Å²) in [6.45, 7) is 2.41. The number of carbonyl (C=O) groups is 1. The minimum absolute atomic E-state index is 0.0339. The largest absolute Gasteiger partial charge is 0.417 e. The number of alkyl halides is 3. The van der Waals surface area contributed by atoms with Gasteiger partial charge < -0.3 is 5.11 Å². The minimum atomic E-state index is -4.82. The molecule has 0 bridgehead atoms.